The Morgan fingerprint density at radius 3 is 2.40 bits per heavy atom. The van der Waals surface area contributed by atoms with Crippen LogP contribution in [0.5, 0.6) is 5.75 Å². The van der Waals surface area contributed by atoms with Gasteiger partial charge in [-0.15, -0.1) is 0 Å². The van der Waals surface area contributed by atoms with Crippen molar-refractivity contribution < 1.29 is 23.5 Å². The number of carbonyl (C=O) groups excluding carboxylic acids is 2. The third-order valence-corrected chi connectivity index (χ3v) is 6.06. The maximum absolute atomic E-state index is 13.2. The Labute approximate surface area is 204 Å². The van der Waals surface area contributed by atoms with E-state index in [9.17, 15) is 14.4 Å². The molecule has 7 heteroatoms. The summed E-state index contributed by atoms with van der Waals surface area (Å²) in [4.78, 5) is 38.2. The molecule has 0 unspecified atom stereocenters. The van der Waals surface area contributed by atoms with E-state index in [0.717, 1.165) is 47.8 Å². The lowest BCUT2D eigenvalue weighted by molar-refractivity contribution is -0.136. The molecule has 2 aromatic carbocycles. The number of rotatable bonds is 5. The first-order valence-corrected chi connectivity index (χ1v) is 12.0. The predicted octanol–water partition coefficient (Wildman–Crippen LogP) is 5.02. The fourth-order valence-corrected chi connectivity index (χ4v) is 4.41. The Bertz CT molecular complexity index is 1300. The SMILES string of the molecule is Cc1c(OC(=O)[C@H](Cc2ccccc2)NC(=O)OC(C)(C)C)ccc2c3c(c(=O)oc12)CCCC3. The van der Waals surface area contributed by atoms with E-state index in [-0.39, 0.29) is 17.8 Å². The summed E-state index contributed by atoms with van der Waals surface area (Å²) < 4.78 is 16.7. The molecule has 1 aliphatic carbocycles. The molecule has 0 bridgehead atoms. The average Bonchev–Trinajstić information content (AvgIpc) is 2.80. The maximum Gasteiger partial charge on any atom is 0.408 e. The van der Waals surface area contributed by atoms with E-state index >= 15 is 0 Å². The number of amides is 1. The van der Waals surface area contributed by atoms with Crippen LogP contribution < -0.4 is 15.7 Å². The first-order valence-electron chi connectivity index (χ1n) is 12.0. The zero-order valence-electron chi connectivity index (χ0n) is 20.6. The molecule has 0 saturated carbocycles. The second-order valence-corrected chi connectivity index (χ2v) is 9.93. The van der Waals surface area contributed by atoms with Crippen LogP contribution in [0.3, 0.4) is 0 Å². The largest absolute Gasteiger partial charge is 0.444 e. The Morgan fingerprint density at radius 1 is 1.03 bits per heavy atom. The van der Waals surface area contributed by atoms with Crippen molar-refractivity contribution in [2.24, 2.45) is 0 Å². The fourth-order valence-electron chi connectivity index (χ4n) is 4.41. The average molecular weight is 478 g/mol. The first kappa shape index (κ1) is 24.5. The highest BCUT2D eigenvalue weighted by Gasteiger charge is 2.28. The molecule has 0 spiro atoms. The van der Waals surface area contributed by atoms with Crippen LogP contribution in [0.15, 0.2) is 51.7 Å². The Balaban J connectivity index is 1.62. The zero-order valence-corrected chi connectivity index (χ0v) is 20.6. The lowest BCUT2D eigenvalue weighted by atomic mass is 9.90. The van der Waals surface area contributed by atoms with Crippen molar-refractivity contribution in [1.82, 2.24) is 5.32 Å². The van der Waals surface area contributed by atoms with E-state index in [1.165, 1.54) is 0 Å². The molecule has 0 aliphatic heterocycles. The number of hydrogen-bond donors (Lipinski definition) is 1. The highest BCUT2D eigenvalue weighted by atomic mass is 16.6. The molecule has 7 nitrogen and oxygen atoms in total. The minimum atomic E-state index is -0.974. The van der Waals surface area contributed by atoms with Gasteiger partial charge in [-0.2, -0.15) is 0 Å². The number of hydrogen-bond acceptors (Lipinski definition) is 6. The van der Waals surface area contributed by atoms with Crippen molar-refractivity contribution in [1.29, 1.82) is 0 Å². The summed E-state index contributed by atoms with van der Waals surface area (Å²) in [7, 11) is 0. The van der Waals surface area contributed by atoms with Gasteiger partial charge < -0.3 is 19.2 Å². The van der Waals surface area contributed by atoms with Crippen molar-refractivity contribution in [3.05, 3.63) is 75.1 Å². The third kappa shape index (κ3) is 5.73. The number of benzene rings is 2. The highest BCUT2D eigenvalue weighted by Crippen LogP contribution is 2.32. The number of fused-ring (bicyclic) bond motifs is 3. The monoisotopic (exact) mass is 477 g/mol. The number of nitrogens with one attached hydrogen (secondary N) is 1. The van der Waals surface area contributed by atoms with E-state index in [1.807, 2.05) is 36.4 Å². The molecule has 1 N–H and O–H groups in total. The molecule has 184 valence electrons. The molecule has 1 aliphatic rings. The van der Waals surface area contributed by atoms with Gasteiger partial charge in [0.25, 0.3) is 0 Å². The quantitative estimate of drug-likeness (QED) is 0.315. The van der Waals surface area contributed by atoms with Crippen LogP contribution in [0.4, 0.5) is 4.79 Å². The number of alkyl carbamates (subject to hydrolysis) is 1. The Kier molecular flexibility index (Phi) is 6.96. The van der Waals surface area contributed by atoms with Crippen LogP contribution in [-0.4, -0.2) is 23.7 Å². The molecular weight excluding hydrogens is 446 g/mol. The van der Waals surface area contributed by atoms with Crippen LogP contribution in [0.25, 0.3) is 11.0 Å². The predicted molar refractivity (Wildman–Crippen MR) is 133 cm³/mol. The van der Waals surface area contributed by atoms with Crippen LogP contribution in [-0.2, 0) is 28.8 Å². The Hall–Kier alpha value is -3.61. The van der Waals surface area contributed by atoms with Gasteiger partial charge >= 0.3 is 17.7 Å². The van der Waals surface area contributed by atoms with Crippen molar-refractivity contribution >= 4 is 23.0 Å². The number of carbonyl (C=O) groups is 2. The summed E-state index contributed by atoms with van der Waals surface area (Å²) in [5.74, 6) is -0.354. The number of ether oxygens (including phenoxy) is 2. The molecule has 1 heterocycles. The van der Waals surface area contributed by atoms with Gasteiger partial charge in [-0.3, -0.25) is 0 Å². The summed E-state index contributed by atoms with van der Waals surface area (Å²) in [5.41, 5.74) is 2.59. The summed E-state index contributed by atoms with van der Waals surface area (Å²) in [5, 5.41) is 3.52. The van der Waals surface area contributed by atoms with E-state index in [0.29, 0.717) is 11.1 Å². The summed E-state index contributed by atoms with van der Waals surface area (Å²) in [6, 6.07) is 11.9. The Morgan fingerprint density at radius 2 is 1.71 bits per heavy atom. The lowest BCUT2D eigenvalue weighted by Gasteiger charge is -2.23. The summed E-state index contributed by atoms with van der Waals surface area (Å²) in [6.45, 7) is 7.02. The molecule has 1 atom stereocenters. The molecule has 0 saturated heterocycles. The number of aryl methyl sites for hydroxylation is 2. The van der Waals surface area contributed by atoms with E-state index < -0.39 is 23.7 Å². The van der Waals surface area contributed by atoms with E-state index in [4.69, 9.17) is 13.9 Å². The second-order valence-electron chi connectivity index (χ2n) is 9.93. The van der Waals surface area contributed by atoms with Gasteiger partial charge in [0.2, 0.25) is 0 Å². The normalized spacial score (nSPS) is 14.2. The summed E-state index contributed by atoms with van der Waals surface area (Å²) >= 11 is 0. The minimum absolute atomic E-state index is 0.230. The first-order chi connectivity index (χ1) is 16.6. The van der Waals surface area contributed by atoms with Gasteiger partial charge in [-0.1, -0.05) is 30.3 Å². The van der Waals surface area contributed by atoms with Gasteiger partial charge in [0.05, 0.1) is 0 Å². The molecule has 35 heavy (non-hydrogen) atoms. The smallest absolute Gasteiger partial charge is 0.408 e. The third-order valence-electron chi connectivity index (χ3n) is 6.06. The molecular formula is C28H31NO6. The zero-order chi connectivity index (χ0) is 25.2. The van der Waals surface area contributed by atoms with Crippen molar-refractivity contribution in [3.63, 3.8) is 0 Å². The van der Waals surface area contributed by atoms with Crippen molar-refractivity contribution in [3.8, 4) is 5.75 Å². The van der Waals surface area contributed by atoms with E-state index in [2.05, 4.69) is 5.32 Å². The molecule has 1 aromatic heterocycles. The second kappa shape index (κ2) is 9.94. The van der Waals surface area contributed by atoms with Crippen LogP contribution in [0, 0.1) is 6.92 Å². The van der Waals surface area contributed by atoms with Gasteiger partial charge in [-0.25, -0.2) is 14.4 Å². The van der Waals surface area contributed by atoms with Crippen LogP contribution >= 0.6 is 0 Å². The van der Waals surface area contributed by atoms with Gasteiger partial charge in [0.15, 0.2) is 0 Å². The van der Waals surface area contributed by atoms with Crippen LogP contribution in [0.1, 0.15) is 55.9 Å². The van der Waals surface area contributed by atoms with Gasteiger partial charge in [-0.05, 0) is 76.6 Å². The number of esters is 1. The standard InChI is InChI=1S/C28H31NO6/c1-17-23(15-14-20-19-12-8-9-13-21(19)25(30)34-24(17)20)33-26(31)22(16-18-10-6-5-7-11-18)29-27(32)35-28(2,3)4/h5-7,10-11,14-15,22H,8-9,12-13,16H2,1-4H3,(H,29,32)/t22-/m0/s1. The fraction of sp³-hybridized carbons (Fsp3) is 0.393. The van der Waals surface area contributed by atoms with Gasteiger partial charge in [0, 0.05) is 22.9 Å². The molecule has 3 aromatic rings. The topological polar surface area (TPSA) is 94.8 Å². The van der Waals surface area contributed by atoms with Gasteiger partial charge in [0.1, 0.15) is 23.0 Å². The van der Waals surface area contributed by atoms with E-state index in [1.54, 1.807) is 33.8 Å². The summed E-state index contributed by atoms with van der Waals surface area (Å²) in [6.07, 6.45) is 3.08. The maximum atomic E-state index is 13.2. The molecule has 0 fully saturated rings. The van der Waals surface area contributed by atoms with Crippen LogP contribution in [0.2, 0.25) is 0 Å². The van der Waals surface area contributed by atoms with Crippen molar-refractivity contribution in [2.45, 2.75) is 71.4 Å². The van der Waals surface area contributed by atoms with Crippen molar-refractivity contribution in [2.75, 3.05) is 0 Å². The highest BCUT2D eigenvalue weighted by molar-refractivity contribution is 5.88. The minimum Gasteiger partial charge on any atom is -0.444 e. The lowest BCUT2D eigenvalue weighted by Crippen LogP contribution is -2.46. The molecule has 0 radical (unpaired) electrons. The molecule has 1 amide bonds. The molecule has 4 rings (SSSR count).